The molecule has 1 atom stereocenters. The highest BCUT2D eigenvalue weighted by atomic mass is 16.3. The van der Waals surface area contributed by atoms with Crippen LogP contribution in [-0.2, 0) is 5.41 Å². The number of hydrogen-bond donors (Lipinski definition) is 1. The molecule has 0 amide bonds. The highest BCUT2D eigenvalue weighted by molar-refractivity contribution is 5.41. The van der Waals surface area contributed by atoms with E-state index in [-0.39, 0.29) is 6.10 Å². The molecule has 0 radical (unpaired) electrons. The monoisotopic (exact) mass is 202 g/mol. The van der Waals surface area contributed by atoms with E-state index in [0.29, 0.717) is 5.41 Å². The fourth-order valence-corrected chi connectivity index (χ4v) is 3.56. The first-order chi connectivity index (χ1) is 7.32. The lowest BCUT2D eigenvalue weighted by molar-refractivity contribution is 0.139. The van der Waals surface area contributed by atoms with Gasteiger partial charge in [0.1, 0.15) is 0 Å². The van der Waals surface area contributed by atoms with Gasteiger partial charge in [-0.1, -0.05) is 43.5 Å². The van der Waals surface area contributed by atoms with Gasteiger partial charge in [0.25, 0.3) is 0 Å². The third-order valence-corrected chi connectivity index (χ3v) is 4.29. The number of aliphatic hydroxyl groups is 1. The quantitative estimate of drug-likeness (QED) is 0.684. The molecular weight excluding hydrogens is 184 g/mol. The lowest BCUT2D eigenvalue weighted by Crippen LogP contribution is -2.26. The third kappa shape index (κ3) is 1.33. The van der Waals surface area contributed by atoms with Crippen LogP contribution >= 0.6 is 0 Å². The molecule has 0 aliphatic heterocycles. The van der Waals surface area contributed by atoms with Crippen molar-refractivity contribution in [2.75, 3.05) is 0 Å². The van der Waals surface area contributed by atoms with E-state index in [0.717, 1.165) is 6.42 Å². The Morgan fingerprint density at radius 3 is 2.60 bits per heavy atom. The Balaban J connectivity index is 2.06. The molecule has 2 aliphatic carbocycles. The Labute approximate surface area is 91.1 Å². The van der Waals surface area contributed by atoms with Crippen molar-refractivity contribution in [1.82, 2.24) is 0 Å². The molecule has 0 heterocycles. The summed E-state index contributed by atoms with van der Waals surface area (Å²) in [7, 11) is 0. The summed E-state index contributed by atoms with van der Waals surface area (Å²) >= 11 is 0. The van der Waals surface area contributed by atoms with Gasteiger partial charge in [-0.3, -0.25) is 0 Å². The molecule has 1 aromatic carbocycles. The molecule has 1 nitrogen and oxygen atoms in total. The molecule has 1 fully saturated rings. The predicted molar refractivity (Wildman–Crippen MR) is 60.8 cm³/mol. The van der Waals surface area contributed by atoms with Gasteiger partial charge in [-0.05, 0) is 35.8 Å². The van der Waals surface area contributed by atoms with Gasteiger partial charge in [0.15, 0.2) is 0 Å². The summed E-state index contributed by atoms with van der Waals surface area (Å²) in [6, 6.07) is 8.50. The minimum Gasteiger partial charge on any atom is -0.388 e. The van der Waals surface area contributed by atoms with Crippen molar-refractivity contribution in [1.29, 1.82) is 0 Å². The van der Waals surface area contributed by atoms with Crippen LogP contribution in [0.2, 0.25) is 0 Å². The van der Waals surface area contributed by atoms with Crippen molar-refractivity contribution < 1.29 is 5.11 Å². The standard InChI is InChI=1S/C14H18O/c15-13-10-14(8-4-1-5-9-14)12-7-3-2-6-11(12)13/h2-3,6-7,13,15H,1,4-5,8-10H2. The van der Waals surface area contributed by atoms with E-state index in [1.54, 1.807) is 0 Å². The Kier molecular flexibility index (Phi) is 2.10. The molecule has 2 aliphatic rings. The van der Waals surface area contributed by atoms with Crippen molar-refractivity contribution in [3.63, 3.8) is 0 Å². The molecule has 0 bridgehead atoms. The summed E-state index contributed by atoms with van der Waals surface area (Å²) in [5.74, 6) is 0. The Morgan fingerprint density at radius 1 is 1.07 bits per heavy atom. The van der Waals surface area contributed by atoms with Gasteiger partial charge in [0.05, 0.1) is 6.10 Å². The first-order valence-corrected chi connectivity index (χ1v) is 6.09. The average molecular weight is 202 g/mol. The molecule has 1 heteroatoms. The second-order valence-corrected chi connectivity index (χ2v) is 5.15. The largest absolute Gasteiger partial charge is 0.388 e. The number of rotatable bonds is 0. The fourth-order valence-electron chi connectivity index (χ4n) is 3.56. The van der Waals surface area contributed by atoms with Crippen LogP contribution in [0.5, 0.6) is 0 Å². The van der Waals surface area contributed by atoms with Crippen LogP contribution in [0.3, 0.4) is 0 Å². The molecule has 3 rings (SSSR count). The van der Waals surface area contributed by atoms with E-state index < -0.39 is 0 Å². The van der Waals surface area contributed by atoms with Crippen LogP contribution in [0.25, 0.3) is 0 Å². The van der Waals surface area contributed by atoms with E-state index in [2.05, 4.69) is 18.2 Å². The summed E-state index contributed by atoms with van der Waals surface area (Å²) in [4.78, 5) is 0. The van der Waals surface area contributed by atoms with Crippen LogP contribution < -0.4 is 0 Å². The SMILES string of the molecule is OC1CC2(CCCCC2)c2ccccc21. The van der Waals surface area contributed by atoms with Crippen molar-refractivity contribution in [3.8, 4) is 0 Å². The van der Waals surface area contributed by atoms with Gasteiger partial charge in [0, 0.05) is 0 Å². The number of benzene rings is 1. The van der Waals surface area contributed by atoms with Crippen molar-refractivity contribution >= 4 is 0 Å². The van der Waals surface area contributed by atoms with Gasteiger partial charge in [0.2, 0.25) is 0 Å². The first kappa shape index (κ1) is 9.41. The average Bonchev–Trinajstić information content (AvgIpc) is 2.55. The van der Waals surface area contributed by atoms with Crippen molar-refractivity contribution in [3.05, 3.63) is 35.4 Å². The minimum absolute atomic E-state index is 0.209. The summed E-state index contributed by atoms with van der Waals surface area (Å²) in [5.41, 5.74) is 2.96. The van der Waals surface area contributed by atoms with Crippen LogP contribution in [0.1, 0.15) is 55.8 Å². The summed E-state index contributed by atoms with van der Waals surface area (Å²) in [6.07, 6.45) is 7.36. The van der Waals surface area contributed by atoms with Crippen LogP contribution in [0.15, 0.2) is 24.3 Å². The highest BCUT2D eigenvalue weighted by Gasteiger charge is 2.43. The van der Waals surface area contributed by atoms with E-state index >= 15 is 0 Å². The number of aliphatic hydroxyl groups excluding tert-OH is 1. The van der Waals surface area contributed by atoms with Gasteiger partial charge in [-0.2, -0.15) is 0 Å². The van der Waals surface area contributed by atoms with Gasteiger partial charge < -0.3 is 5.11 Å². The van der Waals surface area contributed by atoms with E-state index in [4.69, 9.17) is 0 Å². The first-order valence-electron chi connectivity index (χ1n) is 6.09. The maximum Gasteiger partial charge on any atom is 0.0801 e. The predicted octanol–water partition coefficient (Wildman–Crippen LogP) is 3.33. The van der Waals surface area contributed by atoms with Crippen LogP contribution in [-0.4, -0.2) is 5.11 Å². The Morgan fingerprint density at radius 2 is 1.80 bits per heavy atom. The zero-order chi connectivity index (χ0) is 10.3. The summed E-state index contributed by atoms with van der Waals surface area (Å²) in [5, 5.41) is 10.1. The zero-order valence-electron chi connectivity index (χ0n) is 9.08. The lowest BCUT2D eigenvalue weighted by Gasteiger charge is -2.34. The van der Waals surface area contributed by atoms with E-state index in [9.17, 15) is 5.11 Å². The molecule has 1 saturated carbocycles. The molecule has 0 aromatic heterocycles. The molecule has 1 N–H and O–H groups in total. The Hall–Kier alpha value is -0.820. The van der Waals surface area contributed by atoms with Crippen molar-refractivity contribution in [2.24, 2.45) is 0 Å². The van der Waals surface area contributed by atoms with E-state index in [1.807, 2.05) is 6.07 Å². The molecule has 1 spiro atoms. The number of hydrogen-bond acceptors (Lipinski definition) is 1. The highest BCUT2D eigenvalue weighted by Crippen LogP contribution is 2.52. The van der Waals surface area contributed by atoms with Gasteiger partial charge in [-0.15, -0.1) is 0 Å². The maximum absolute atomic E-state index is 10.1. The Bertz CT molecular complexity index is 363. The molecule has 0 saturated heterocycles. The molecule has 15 heavy (non-hydrogen) atoms. The normalized spacial score (nSPS) is 27.9. The summed E-state index contributed by atoms with van der Waals surface area (Å²) in [6.45, 7) is 0. The topological polar surface area (TPSA) is 20.2 Å². The third-order valence-electron chi connectivity index (χ3n) is 4.29. The fraction of sp³-hybridized carbons (Fsp3) is 0.571. The van der Waals surface area contributed by atoms with Gasteiger partial charge in [-0.25, -0.2) is 0 Å². The lowest BCUT2D eigenvalue weighted by atomic mass is 9.70. The second kappa shape index (κ2) is 3.34. The summed E-state index contributed by atoms with van der Waals surface area (Å²) < 4.78 is 0. The minimum atomic E-state index is -0.209. The zero-order valence-corrected chi connectivity index (χ0v) is 9.08. The number of fused-ring (bicyclic) bond motifs is 2. The molecule has 1 unspecified atom stereocenters. The molecular formula is C14H18O. The van der Waals surface area contributed by atoms with Crippen molar-refractivity contribution in [2.45, 2.75) is 50.0 Å². The molecule has 1 aromatic rings. The van der Waals surface area contributed by atoms with Crippen LogP contribution in [0, 0.1) is 0 Å². The van der Waals surface area contributed by atoms with E-state index in [1.165, 1.54) is 43.2 Å². The van der Waals surface area contributed by atoms with Gasteiger partial charge >= 0.3 is 0 Å². The van der Waals surface area contributed by atoms with Crippen LogP contribution in [0.4, 0.5) is 0 Å². The smallest absolute Gasteiger partial charge is 0.0801 e. The second-order valence-electron chi connectivity index (χ2n) is 5.15. The maximum atomic E-state index is 10.1. The molecule has 80 valence electrons.